The molecule has 2 N–H and O–H groups in total. The maximum atomic E-state index is 12.6. The van der Waals surface area contributed by atoms with Crippen LogP contribution in [0.4, 0.5) is 11.4 Å². The van der Waals surface area contributed by atoms with Gasteiger partial charge in [-0.3, -0.25) is 19.7 Å². The van der Waals surface area contributed by atoms with E-state index in [9.17, 15) is 19.7 Å². The molecule has 124 valence electrons. The summed E-state index contributed by atoms with van der Waals surface area (Å²) >= 11 is 0. The molecule has 0 aliphatic rings. The predicted octanol–water partition coefficient (Wildman–Crippen LogP) is 2.64. The van der Waals surface area contributed by atoms with Gasteiger partial charge in [-0.15, -0.1) is 0 Å². The molecule has 1 unspecified atom stereocenters. The van der Waals surface area contributed by atoms with Crippen molar-refractivity contribution < 1.29 is 14.5 Å². The summed E-state index contributed by atoms with van der Waals surface area (Å²) in [6.07, 6.45) is 0.397. The minimum atomic E-state index is -1.03. The maximum Gasteiger partial charge on any atom is 0.269 e. The largest absolute Gasteiger partial charge is 0.343 e. The van der Waals surface area contributed by atoms with Crippen molar-refractivity contribution in [2.24, 2.45) is 0 Å². The van der Waals surface area contributed by atoms with Gasteiger partial charge in [-0.2, -0.15) is 0 Å². The molecule has 0 radical (unpaired) electrons. The van der Waals surface area contributed by atoms with Gasteiger partial charge in [-0.05, 0) is 30.5 Å². The van der Waals surface area contributed by atoms with Gasteiger partial charge in [0.15, 0.2) is 0 Å². The van der Waals surface area contributed by atoms with E-state index in [0.29, 0.717) is 17.7 Å². The number of carbonyl (C=O) groups excluding carboxylic acids is 2. The van der Waals surface area contributed by atoms with Crippen molar-refractivity contribution in [3.8, 4) is 0 Å². The average molecular weight is 327 g/mol. The molecule has 2 amide bonds. The topological polar surface area (TPSA) is 101 Å². The molecule has 0 aromatic heterocycles. The number of hydrogen-bond acceptors (Lipinski definition) is 4. The molecule has 0 fully saturated rings. The molecule has 2 rings (SSSR count). The van der Waals surface area contributed by atoms with Crippen LogP contribution in [0.15, 0.2) is 42.5 Å². The first-order valence-corrected chi connectivity index (χ1v) is 7.25. The monoisotopic (exact) mass is 327 g/mol. The normalized spacial score (nSPS) is 11.4. The highest BCUT2D eigenvalue weighted by Crippen LogP contribution is 2.24. The first-order valence-electron chi connectivity index (χ1n) is 7.25. The van der Waals surface area contributed by atoms with Crippen molar-refractivity contribution in [1.29, 1.82) is 0 Å². The Bertz CT molecular complexity index is 769. The number of carbonyl (C=O) groups is 2. The Morgan fingerprint density at radius 2 is 1.79 bits per heavy atom. The van der Waals surface area contributed by atoms with Gasteiger partial charge in [-0.1, -0.05) is 30.3 Å². The second kappa shape index (κ2) is 7.36. The van der Waals surface area contributed by atoms with Gasteiger partial charge in [0.05, 0.1) is 4.92 Å². The lowest BCUT2D eigenvalue weighted by atomic mass is 10.0. The number of para-hydroxylation sites is 1. The lowest BCUT2D eigenvalue weighted by molar-refractivity contribution is -0.384. The number of hydrogen-bond donors (Lipinski definition) is 2. The highest BCUT2D eigenvalue weighted by atomic mass is 16.6. The molecule has 2 aromatic rings. The Hall–Kier alpha value is -3.22. The van der Waals surface area contributed by atoms with Gasteiger partial charge in [0.1, 0.15) is 6.04 Å². The molecular weight excluding hydrogens is 310 g/mol. The number of aryl methyl sites for hydroxylation is 2. The zero-order valence-corrected chi connectivity index (χ0v) is 13.3. The fourth-order valence-corrected chi connectivity index (χ4v) is 2.42. The van der Waals surface area contributed by atoms with Gasteiger partial charge >= 0.3 is 0 Å². The van der Waals surface area contributed by atoms with Crippen LogP contribution in [-0.2, 0) is 9.59 Å². The molecule has 0 heterocycles. The Balaban J connectivity index is 2.33. The van der Waals surface area contributed by atoms with Crippen molar-refractivity contribution >= 4 is 23.7 Å². The molecule has 7 heteroatoms. The Labute approximate surface area is 138 Å². The number of nitro benzene ring substituents is 1. The zero-order valence-electron chi connectivity index (χ0n) is 13.3. The van der Waals surface area contributed by atoms with E-state index in [2.05, 4.69) is 10.6 Å². The van der Waals surface area contributed by atoms with Gasteiger partial charge in [0.25, 0.3) is 11.6 Å². The molecule has 0 aliphatic carbocycles. The Kier molecular flexibility index (Phi) is 5.26. The third kappa shape index (κ3) is 3.75. The molecule has 7 nitrogen and oxygen atoms in total. The van der Waals surface area contributed by atoms with Crippen LogP contribution in [-0.4, -0.2) is 17.2 Å². The first-order chi connectivity index (χ1) is 11.4. The molecule has 24 heavy (non-hydrogen) atoms. The van der Waals surface area contributed by atoms with E-state index in [1.54, 1.807) is 6.07 Å². The molecule has 0 saturated carbocycles. The van der Waals surface area contributed by atoms with Crippen LogP contribution < -0.4 is 10.6 Å². The van der Waals surface area contributed by atoms with Crippen LogP contribution in [0.2, 0.25) is 0 Å². The summed E-state index contributed by atoms with van der Waals surface area (Å²) in [5, 5.41) is 16.1. The summed E-state index contributed by atoms with van der Waals surface area (Å²) < 4.78 is 0. The predicted molar refractivity (Wildman–Crippen MR) is 89.6 cm³/mol. The van der Waals surface area contributed by atoms with Gasteiger partial charge < -0.3 is 10.6 Å². The van der Waals surface area contributed by atoms with Crippen LogP contribution in [0.1, 0.15) is 22.7 Å². The SMILES string of the molecule is Cc1cccc(C)c1NC(=O)C(NC=O)c1cccc([N+](=O)[O-])c1. The van der Waals surface area contributed by atoms with Crippen LogP contribution in [0.25, 0.3) is 0 Å². The van der Waals surface area contributed by atoms with Crippen molar-refractivity contribution in [3.63, 3.8) is 0 Å². The number of amides is 2. The van der Waals surface area contributed by atoms with E-state index in [-0.39, 0.29) is 5.69 Å². The van der Waals surface area contributed by atoms with E-state index in [1.807, 2.05) is 32.0 Å². The van der Waals surface area contributed by atoms with E-state index in [4.69, 9.17) is 0 Å². The Morgan fingerprint density at radius 3 is 2.38 bits per heavy atom. The lowest BCUT2D eigenvalue weighted by Gasteiger charge is -2.18. The van der Waals surface area contributed by atoms with E-state index < -0.39 is 16.9 Å². The minimum Gasteiger partial charge on any atom is -0.343 e. The van der Waals surface area contributed by atoms with Gasteiger partial charge in [-0.25, -0.2) is 0 Å². The molecule has 1 atom stereocenters. The van der Waals surface area contributed by atoms with Crippen LogP contribution in [0.5, 0.6) is 0 Å². The maximum absolute atomic E-state index is 12.6. The number of nitro groups is 1. The Morgan fingerprint density at radius 1 is 1.17 bits per heavy atom. The number of non-ortho nitro benzene ring substituents is 1. The standard InChI is InChI=1S/C17H17N3O4/c1-11-5-3-6-12(2)15(11)19-17(22)16(18-10-21)13-7-4-8-14(9-13)20(23)24/h3-10,16H,1-2H3,(H,18,21)(H,19,22). The van der Waals surface area contributed by atoms with Crippen molar-refractivity contribution in [2.75, 3.05) is 5.32 Å². The fraction of sp³-hybridized carbons (Fsp3) is 0.176. The fourth-order valence-electron chi connectivity index (χ4n) is 2.42. The molecule has 0 bridgehead atoms. The highest BCUT2D eigenvalue weighted by molar-refractivity contribution is 5.97. The van der Waals surface area contributed by atoms with Crippen molar-refractivity contribution in [3.05, 3.63) is 69.3 Å². The van der Waals surface area contributed by atoms with Gasteiger partial charge in [0.2, 0.25) is 6.41 Å². The highest BCUT2D eigenvalue weighted by Gasteiger charge is 2.22. The van der Waals surface area contributed by atoms with Crippen LogP contribution in [0.3, 0.4) is 0 Å². The summed E-state index contributed by atoms with van der Waals surface area (Å²) in [6, 6.07) is 10.2. The quantitative estimate of drug-likeness (QED) is 0.484. The smallest absolute Gasteiger partial charge is 0.269 e. The zero-order chi connectivity index (χ0) is 17.7. The van der Waals surface area contributed by atoms with E-state index in [0.717, 1.165) is 11.1 Å². The summed E-state index contributed by atoms with van der Waals surface area (Å²) in [6.45, 7) is 3.72. The molecule has 0 saturated heterocycles. The second-order valence-corrected chi connectivity index (χ2v) is 5.33. The molecular formula is C17H17N3O4. The number of benzene rings is 2. The van der Waals surface area contributed by atoms with E-state index in [1.165, 1.54) is 18.2 Å². The van der Waals surface area contributed by atoms with Crippen molar-refractivity contribution in [2.45, 2.75) is 19.9 Å². The van der Waals surface area contributed by atoms with E-state index >= 15 is 0 Å². The summed E-state index contributed by atoms with van der Waals surface area (Å²) in [4.78, 5) is 33.8. The molecule has 0 aliphatic heterocycles. The number of nitrogens with zero attached hydrogens (tertiary/aromatic N) is 1. The summed E-state index contributed by atoms with van der Waals surface area (Å²) in [7, 11) is 0. The molecule has 2 aromatic carbocycles. The molecule has 0 spiro atoms. The second-order valence-electron chi connectivity index (χ2n) is 5.33. The number of nitrogens with one attached hydrogen (secondary N) is 2. The minimum absolute atomic E-state index is 0.148. The number of anilines is 1. The summed E-state index contributed by atoms with van der Waals surface area (Å²) in [5.41, 5.74) is 2.61. The van der Waals surface area contributed by atoms with Crippen molar-refractivity contribution in [1.82, 2.24) is 5.32 Å². The number of rotatable bonds is 6. The summed E-state index contributed by atoms with van der Waals surface area (Å²) in [5.74, 6) is -0.472. The lowest BCUT2D eigenvalue weighted by Crippen LogP contribution is -2.32. The van der Waals surface area contributed by atoms with Crippen LogP contribution >= 0.6 is 0 Å². The van der Waals surface area contributed by atoms with Crippen LogP contribution in [0, 0.1) is 24.0 Å². The third-order valence-electron chi connectivity index (χ3n) is 3.64. The first kappa shape index (κ1) is 17.1. The third-order valence-corrected chi connectivity index (χ3v) is 3.64. The average Bonchev–Trinajstić information content (AvgIpc) is 2.56. The van der Waals surface area contributed by atoms with Gasteiger partial charge in [0, 0.05) is 17.8 Å².